The Morgan fingerprint density at radius 1 is 1.21 bits per heavy atom. The summed E-state index contributed by atoms with van der Waals surface area (Å²) in [5.41, 5.74) is 5.67. The molecule has 1 aromatic heterocycles. The highest BCUT2D eigenvalue weighted by Gasteiger charge is 2.65. The second-order valence-corrected chi connectivity index (χ2v) is 13.3. The van der Waals surface area contributed by atoms with Crippen LogP contribution in [0.4, 0.5) is 0 Å². The molecule has 0 spiro atoms. The van der Waals surface area contributed by atoms with Gasteiger partial charge in [-0.05, 0) is 66.9 Å². The van der Waals surface area contributed by atoms with Gasteiger partial charge in [0.25, 0.3) is 5.91 Å². The van der Waals surface area contributed by atoms with E-state index in [1.54, 1.807) is 6.07 Å². The number of hydrogen-bond acceptors (Lipinski definition) is 4. The number of fused-ring (bicyclic) bond motifs is 4. The van der Waals surface area contributed by atoms with Crippen molar-refractivity contribution in [2.45, 2.75) is 71.8 Å². The maximum absolute atomic E-state index is 13.1. The first kappa shape index (κ1) is 26.9. The van der Waals surface area contributed by atoms with E-state index in [9.17, 15) is 18.0 Å². The zero-order valence-corrected chi connectivity index (χ0v) is 23.9. The molecule has 1 aromatic carbocycles. The quantitative estimate of drug-likeness (QED) is 0.498. The third-order valence-corrected chi connectivity index (χ3v) is 10.6. The largest absolute Gasteiger partial charge is 0.339 e. The van der Waals surface area contributed by atoms with Gasteiger partial charge in [0.1, 0.15) is 6.29 Å². The van der Waals surface area contributed by atoms with Crippen LogP contribution < -0.4 is 4.72 Å². The van der Waals surface area contributed by atoms with Gasteiger partial charge in [0.05, 0.1) is 11.1 Å². The van der Waals surface area contributed by atoms with E-state index >= 15 is 0 Å². The fourth-order valence-electron chi connectivity index (χ4n) is 7.05. The lowest BCUT2D eigenvalue weighted by Crippen LogP contribution is -2.39. The minimum atomic E-state index is -3.92. The highest BCUT2D eigenvalue weighted by Crippen LogP contribution is 2.66. The molecule has 3 aliphatic rings. The maximum atomic E-state index is 13.1. The SMILES string of the molecule is C/C=C1\C(=C/CC)c2c(C3CCCCC3)c3ccc(C(=O)NS(=O)(=O)N(C)C)cc3n2CC2(C=O)C1[C@@H]2C. The zero-order valence-electron chi connectivity index (χ0n) is 23.1. The molecule has 0 saturated heterocycles. The summed E-state index contributed by atoms with van der Waals surface area (Å²) >= 11 is 0. The third kappa shape index (κ3) is 4.08. The minimum Gasteiger partial charge on any atom is -0.339 e. The molecular formula is C30H39N3O4S. The van der Waals surface area contributed by atoms with Gasteiger partial charge in [0, 0.05) is 43.0 Å². The van der Waals surface area contributed by atoms with Crippen molar-refractivity contribution in [3.63, 3.8) is 0 Å². The van der Waals surface area contributed by atoms with Crippen LogP contribution in [0.1, 0.15) is 86.8 Å². The number of allylic oxidation sites excluding steroid dienone is 4. The number of aromatic nitrogens is 1. The first-order valence-electron chi connectivity index (χ1n) is 13.8. The summed E-state index contributed by atoms with van der Waals surface area (Å²) < 4.78 is 30.1. The van der Waals surface area contributed by atoms with Crippen molar-refractivity contribution in [3.05, 3.63) is 52.7 Å². The Hall–Kier alpha value is -2.71. The highest BCUT2D eigenvalue weighted by atomic mass is 32.2. The first-order chi connectivity index (χ1) is 18.1. The average Bonchev–Trinajstić information content (AvgIpc) is 3.38. The van der Waals surface area contributed by atoms with Gasteiger partial charge < -0.3 is 9.36 Å². The smallest absolute Gasteiger partial charge is 0.303 e. The van der Waals surface area contributed by atoms with Gasteiger partial charge in [-0.1, -0.05) is 51.3 Å². The van der Waals surface area contributed by atoms with E-state index in [0.717, 1.165) is 40.8 Å². The molecule has 204 valence electrons. The molecular weight excluding hydrogens is 498 g/mol. The summed E-state index contributed by atoms with van der Waals surface area (Å²) in [6.45, 7) is 6.94. The second-order valence-electron chi connectivity index (χ2n) is 11.4. The number of aldehydes is 1. The number of benzene rings is 1. The van der Waals surface area contributed by atoms with Crippen molar-refractivity contribution in [2.24, 2.45) is 17.3 Å². The van der Waals surface area contributed by atoms with E-state index in [1.807, 2.05) is 12.1 Å². The first-order valence-corrected chi connectivity index (χ1v) is 15.3. The van der Waals surface area contributed by atoms with Crippen LogP contribution in [-0.4, -0.2) is 43.6 Å². The van der Waals surface area contributed by atoms with Gasteiger partial charge in [0.15, 0.2) is 0 Å². The van der Waals surface area contributed by atoms with Crippen LogP contribution >= 0.6 is 0 Å². The van der Waals surface area contributed by atoms with Crippen LogP contribution in [0.3, 0.4) is 0 Å². The standard InChI is InChI=1S/C30H39N3O4S/c1-6-11-23-22(7-2)27-19(3)30(27,18-34)17-33-25-16-21(29(35)31-38(36,37)32(4)5)14-15-24(25)26(28(23)33)20-12-9-8-10-13-20/h7,11,14-16,18-20,27H,6,8-10,12-13,17H2,1-5H3,(H,31,35)/b22-7+,23-11+/t19-,27?,30?/m0/s1. The van der Waals surface area contributed by atoms with Gasteiger partial charge in [-0.25, -0.2) is 4.72 Å². The Morgan fingerprint density at radius 3 is 2.53 bits per heavy atom. The van der Waals surface area contributed by atoms with Crippen LogP contribution in [0, 0.1) is 17.3 Å². The molecule has 0 radical (unpaired) electrons. The Kier molecular flexibility index (Phi) is 6.93. The lowest BCUT2D eigenvalue weighted by Gasteiger charge is -2.25. The normalized spacial score (nSPS) is 27.8. The van der Waals surface area contributed by atoms with E-state index in [2.05, 4.69) is 42.2 Å². The molecule has 5 rings (SSSR count). The molecule has 2 fully saturated rings. The van der Waals surface area contributed by atoms with Crippen molar-refractivity contribution >= 4 is 38.9 Å². The number of nitrogens with one attached hydrogen (secondary N) is 1. The third-order valence-electron chi connectivity index (χ3n) is 9.17. The van der Waals surface area contributed by atoms with E-state index in [0.29, 0.717) is 12.5 Å². The highest BCUT2D eigenvalue weighted by molar-refractivity contribution is 7.87. The van der Waals surface area contributed by atoms with Crippen molar-refractivity contribution in [2.75, 3.05) is 14.1 Å². The number of hydrogen-bond donors (Lipinski definition) is 1. The average molecular weight is 538 g/mol. The molecule has 2 aromatic rings. The summed E-state index contributed by atoms with van der Waals surface area (Å²) in [6, 6.07) is 5.53. The fraction of sp³-hybridized carbons (Fsp3) is 0.533. The van der Waals surface area contributed by atoms with Crippen LogP contribution in [0.15, 0.2) is 35.9 Å². The molecule has 1 amide bonds. The second kappa shape index (κ2) is 9.79. The van der Waals surface area contributed by atoms with Gasteiger partial charge in [-0.3, -0.25) is 4.79 Å². The van der Waals surface area contributed by atoms with Crippen molar-refractivity contribution in [1.82, 2.24) is 13.6 Å². The lowest BCUT2D eigenvalue weighted by molar-refractivity contribution is -0.113. The minimum absolute atomic E-state index is 0.175. The van der Waals surface area contributed by atoms with Gasteiger partial charge in [-0.15, -0.1) is 0 Å². The van der Waals surface area contributed by atoms with Crippen LogP contribution in [0.25, 0.3) is 16.5 Å². The van der Waals surface area contributed by atoms with Gasteiger partial charge in [-0.2, -0.15) is 12.7 Å². The van der Waals surface area contributed by atoms with Crippen molar-refractivity contribution in [1.29, 1.82) is 0 Å². The number of amides is 1. The van der Waals surface area contributed by atoms with E-state index < -0.39 is 21.5 Å². The Balaban J connectivity index is 1.77. The van der Waals surface area contributed by atoms with Crippen molar-refractivity contribution < 1.29 is 18.0 Å². The molecule has 38 heavy (non-hydrogen) atoms. The molecule has 1 aliphatic heterocycles. The monoisotopic (exact) mass is 537 g/mol. The number of carbonyl (C=O) groups excluding carboxylic acids is 2. The Morgan fingerprint density at radius 2 is 1.92 bits per heavy atom. The molecule has 2 aliphatic carbocycles. The molecule has 1 N–H and O–H groups in total. The molecule has 2 saturated carbocycles. The Bertz CT molecular complexity index is 1460. The molecule has 2 heterocycles. The lowest BCUT2D eigenvalue weighted by atomic mass is 9.80. The fourth-order valence-corrected chi connectivity index (χ4v) is 7.59. The van der Waals surface area contributed by atoms with Crippen LogP contribution in [-0.2, 0) is 21.5 Å². The predicted octanol–water partition coefficient (Wildman–Crippen LogP) is 5.43. The van der Waals surface area contributed by atoms with Crippen molar-refractivity contribution in [3.8, 4) is 0 Å². The van der Waals surface area contributed by atoms with Crippen LogP contribution in [0.2, 0.25) is 0 Å². The summed E-state index contributed by atoms with van der Waals surface area (Å²) in [4.78, 5) is 25.7. The number of rotatable bonds is 6. The summed E-state index contributed by atoms with van der Waals surface area (Å²) in [7, 11) is -1.15. The summed E-state index contributed by atoms with van der Waals surface area (Å²) in [5, 5.41) is 1.10. The van der Waals surface area contributed by atoms with E-state index in [1.165, 1.54) is 55.8 Å². The van der Waals surface area contributed by atoms with Gasteiger partial charge >= 0.3 is 10.2 Å². The summed E-state index contributed by atoms with van der Waals surface area (Å²) in [6.07, 6.45) is 12.4. The number of nitrogens with zero attached hydrogens (tertiary/aromatic N) is 2. The molecule has 0 bridgehead atoms. The van der Waals surface area contributed by atoms with Gasteiger partial charge in [0.2, 0.25) is 0 Å². The maximum Gasteiger partial charge on any atom is 0.303 e. The molecule has 7 nitrogen and oxygen atoms in total. The van der Waals surface area contributed by atoms with Crippen LogP contribution in [0.5, 0.6) is 0 Å². The molecule has 8 heteroatoms. The van der Waals surface area contributed by atoms with E-state index in [-0.39, 0.29) is 17.4 Å². The number of carbonyl (C=O) groups is 2. The predicted molar refractivity (Wildman–Crippen MR) is 151 cm³/mol. The molecule has 3 atom stereocenters. The topological polar surface area (TPSA) is 88.5 Å². The summed E-state index contributed by atoms with van der Waals surface area (Å²) in [5.74, 6) is 0.152. The molecule has 2 unspecified atom stereocenters. The zero-order chi connectivity index (χ0) is 27.4. The van der Waals surface area contributed by atoms with E-state index in [4.69, 9.17) is 0 Å². The Labute approximate surface area is 226 Å².